The number of aliphatic hydroxyl groups excluding tert-OH is 2. The van der Waals surface area contributed by atoms with E-state index in [1.54, 1.807) is 5.06 Å². The summed E-state index contributed by atoms with van der Waals surface area (Å²) < 4.78 is 11.8. The molecule has 2 fully saturated rings. The molecule has 128 valence electrons. The molecule has 0 unspecified atom stereocenters. The lowest BCUT2D eigenvalue weighted by molar-refractivity contribution is -0.217. The smallest absolute Gasteiger partial charge is 0.330 e. The van der Waals surface area contributed by atoms with Crippen molar-refractivity contribution in [2.24, 2.45) is 0 Å². The van der Waals surface area contributed by atoms with Crippen molar-refractivity contribution in [1.82, 2.24) is 14.6 Å². The maximum atomic E-state index is 11.8. The number of morpholine rings is 1. The number of hydrogen-bond donors (Lipinski definition) is 3. The molecule has 2 saturated heterocycles. The van der Waals surface area contributed by atoms with Gasteiger partial charge in [-0.15, -0.1) is 0 Å². The summed E-state index contributed by atoms with van der Waals surface area (Å²) in [6.07, 6.45) is -3.19. The number of ether oxygens (including phenoxy) is 2. The van der Waals surface area contributed by atoms with Gasteiger partial charge in [0.25, 0.3) is 5.56 Å². The Bertz CT molecular complexity index is 639. The highest BCUT2D eigenvalue weighted by molar-refractivity contribution is 4.93. The second-order valence-corrected chi connectivity index (χ2v) is 5.40. The van der Waals surface area contributed by atoms with Crippen LogP contribution in [0, 0.1) is 0 Å². The van der Waals surface area contributed by atoms with Crippen LogP contribution in [-0.2, 0) is 14.3 Å². The summed E-state index contributed by atoms with van der Waals surface area (Å²) in [5.41, 5.74) is -1.27. The van der Waals surface area contributed by atoms with Crippen molar-refractivity contribution >= 4 is 0 Å². The van der Waals surface area contributed by atoms with Crippen molar-refractivity contribution in [3.63, 3.8) is 0 Å². The summed E-state index contributed by atoms with van der Waals surface area (Å²) >= 11 is 0. The number of H-pyrrole nitrogens is 1. The Kier molecular flexibility index (Phi) is 4.90. The Morgan fingerprint density at radius 3 is 2.70 bits per heavy atom. The van der Waals surface area contributed by atoms with Gasteiger partial charge in [0, 0.05) is 25.4 Å². The fraction of sp³-hybridized carbons (Fsp3) is 0.692. The van der Waals surface area contributed by atoms with Gasteiger partial charge in [0.15, 0.2) is 6.23 Å². The fourth-order valence-corrected chi connectivity index (χ4v) is 2.58. The van der Waals surface area contributed by atoms with Gasteiger partial charge in [-0.05, 0) is 0 Å². The monoisotopic (exact) mass is 329 g/mol. The minimum Gasteiger partial charge on any atom is -0.387 e. The third kappa shape index (κ3) is 3.52. The maximum Gasteiger partial charge on any atom is 0.330 e. The van der Waals surface area contributed by atoms with Crippen LogP contribution in [0.25, 0.3) is 0 Å². The number of nitrogens with one attached hydrogen (secondary N) is 1. The fourth-order valence-electron chi connectivity index (χ4n) is 2.58. The average Bonchev–Trinajstić information content (AvgIpc) is 2.82. The van der Waals surface area contributed by atoms with Crippen molar-refractivity contribution in [2.75, 3.05) is 32.9 Å². The first-order valence-corrected chi connectivity index (χ1v) is 7.35. The average molecular weight is 329 g/mol. The van der Waals surface area contributed by atoms with Gasteiger partial charge in [-0.2, -0.15) is 5.06 Å². The van der Waals surface area contributed by atoms with Crippen LogP contribution in [0.4, 0.5) is 0 Å². The normalized spacial score (nSPS) is 32.3. The van der Waals surface area contributed by atoms with Crippen LogP contribution in [-0.4, -0.2) is 76.0 Å². The Balaban J connectivity index is 1.65. The molecule has 3 heterocycles. The zero-order valence-corrected chi connectivity index (χ0v) is 12.3. The molecule has 2 aliphatic rings. The van der Waals surface area contributed by atoms with Gasteiger partial charge in [0.05, 0.1) is 19.8 Å². The van der Waals surface area contributed by atoms with Gasteiger partial charge >= 0.3 is 5.69 Å². The lowest BCUT2D eigenvalue weighted by Crippen LogP contribution is -2.40. The molecule has 0 amide bonds. The molecule has 1 aromatic rings. The third-order valence-electron chi connectivity index (χ3n) is 3.85. The molecule has 0 aromatic carbocycles. The number of aliphatic hydroxyl groups is 2. The summed E-state index contributed by atoms with van der Waals surface area (Å²) in [5.74, 6) is 0. The molecule has 10 heteroatoms. The van der Waals surface area contributed by atoms with E-state index >= 15 is 0 Å². The standard InChI is InChI=1S/C13H19N3O7/c17-9-1-2-16(13(20)14-9)12-11(19)10(18)8(23-12)7-22-15-3-5-21-6-4-15/h1-2,8,10-12,18-19H,3-7H2,(H,14,17,20)/t8-,10-,11-,12-/m1/s1. The van der Waals surface area contributed by atoms with Crippen LogP contribution >= 0.6 is 0 Å². The first-order chi connectivity index (χ1) is 11.1. The Hall–Kier alpha value is -1.56. The van der Waals surface area contributed by atoms with Gasteiger partial charge in [-0.1, -0.05) is 0 Å². The first kappa shape index (κ1) is 16.3. The quantitative estimate of drug-likeness (QED) is 0.550. The van der Waals surface area contributed by atoms with Gasteiger partial charge in [-0.3, -0.25) is 19.2 Å². The lowest BCUT2D eigenvalue weighted by Gasteiger charge is -2.27. The van der Waals surface area contributed by atoms with E-state index in [2.05, 4.69) is 4.98 Å². The molecule has 4 atom stereocenters. The van der Waals surface area contributed by atoms with E-state index in [4.69, 9.17) is 14.3 Å². The molecule has 0 radical (unpaired) electrons. The molecule has 0 bridgehead atoms. The van der Waals surface area contributed by atoms with E-state index in [1.807, 2.05) is 0 Å². The van der Waals surface area contributed by atoms with Crippen molar-refractivity contribution in [1.29, 1.82) is 0 Å². The van der Waals surface area contributed by atoms with E-state index in [0.717, 1.165) is 10.6 Å². The van der Waals surface area contributed by atoms with E-state index in [0.29, 0.717) is 26.3 Å². The SMILES string of the molecule is O=c1ccn([C@@H]2O[C@H](CON3CCOCC3)[C@@H](O)[C@H]2O)c(=O)[nH]1. The third-order valence-corrected chi connectivity index (χ3v) is 3.85. The van der Waals surface area contributed by atoms with E-state index in [-0.39, 0.29) is 6.61 Å². The molecule has 3 rings (SSSR count). The van der Waals surface area contributed by atoms with Gasteiger partial charge in [0.2, 0.25) is 0 Å². The van der Waals surface area contributed by atoms with Crippen molar-refractivity contribution in [2.45, 2.75) is 24.5 Å². The predicted octanol–water partition coefficient (Wildman–Crippen LogP) is -2.58. The summed E-state index contributed by atoms with van der Waals surface area (Å²) in [7, 11) is 0. The zero-order valence-electron chi connectivity index (χ0n) is 12.3. The van der Waals surface area contributed by atoms with Crippen molar-refractivity contribution in [3.05, 3.63) is 33.1 Å². The van der Waals surface area contributed by atoms with E-state index < -0.39 is 35.8 Å². The molecule has 3 N–H and O–H groups in total. The molecular weight excluding hydrogens is 310 g/mol. The topological polar surface area (TPSA) is 126 Å². The Morgan fingerprint density at radius 1 is 1.26 bits per heavy atom. The Labute approximate surface area is 130 Å². The molecule has 23 heavy (non-hydrogen) atoms. The summed E-state index contributed by atoms with van der Waals surface area (Å²) in [4.78, 5) is 30.5. The number of nitrogens with zero attached hydrogens (tertiary/aromatic N) is 2. The number of aromatic nitrogens is 2. The molecule has 0 spiro atoms. The largest absolute Gasteiger partial charge is 0.387 e. The van der Waals surface area contributed by atoms with Crippen LogP contribution in [0.3, 0.4) is 0 Å². The minimum absolute atomic E-state index is 0.0346. The van der Waals surface area contributed by atoms with Gasteiger partial charge < -0.3 is 19.7 Å². The van der Waals surface area contributed by atoms with Gasteiger partial charge in [0.1, 0.15) is 18.3 Å². The summed E-state index contributed by atoms with van der Waals surface area (Å²) in [6.45, 7) is 2.37. The number of hydroxylamine groups is 2. The minimum atomic E-state index is -1.31. The Morgan fingerprint density at radius 2 is 2.00 bits per heavy atom. The van der Waals surface area contributed by atoms with E-state index in [9.17, 15) is 19.8 Å². The van der Waals surface area contributed by atoms with Crippen molar-refractivity contribution in [3.8, 4) is 0 Å². The molecular formula is C13H19N3O7. The van der Waals surface area contributed by atoms with Crippen LogP contribution < -0.4 is 11.2 Å². The predicted molar refractivity (Wildman–Crippen MR) is 75.6 cm³/mol. The highest BCUT2D eigenvalue weighted by Gasteiger charge is 2.44. The first-order valence-electron chi connectivity index (χ1n) is 7.35. The highest BCUT2D eigenvalue weighted by Crippen LogP contribution is 2.28. The molecule has 10 nitrogen and oxygen atoms in total. The van der Waals surface area contributed by atoms with Crippen LogP contribution in [0.1, 0.15) is 6.23 Å². The summed E-state index contributed by atoms with van der Waals surface area (Å²) in [6, 6.07) is 1.14. The number of rotatable bonds is 4. The van der Waals surface area contributed by atoms with E-state index in [1.165, 1.54) is 6.20 Å². The highest BCUT2D eigenvalue weighted by atomic mass is 16.7. The molecule has 2 aliphatic heterocycles. The maximum absolute atomic E-state index is 11.8. The molecule has 1 aromatic heterocycles. The summed E-state index contributed by atoms with van der Waals surface area (Å²) in [5, 5.41) is 21.9. The lowest BCUT2D eigenvalue weighted by atomic mass is 10.1. The van der Waals surface area contributed by atoms with Crippen LogP contribution in [0.2, 0.25) is 0 Å². The van der Waals surface area contributed by atoms with Crippen LogP contribution in [0.15, 0.2) is 21.9 Å². The number of hydrogen-bond acceptors (Lipinski definition) is 8. The second kappa shape index (κ2) is 6.91. The van der Waals surface area contributed by atoms with Crippen molar-refractivity contribution < 1.29 is 24.5 Å². The van der Waals surface area contributed by atoms with Gasteiger partial charge in [-0.25, -0.2) is 4.79 Å². The molecule has 0 saturated carbocycles. The molecule has 0 aliphatic carbocycles. The zero-order chi connectivity index (χ0) is 16.4. The second-order valence-electron chi connectivity index (χ2n) is 5.40. The van der Waals surface area contributed by atoms with Crippen LogP contribution in [0.5, 0.6) is 0 Å². The number of aromatic amines is 1.